The second kappa shape index (κ2) is 9.56. The van der Waals surface area contributed by atoms with Gasteiger partial charge in [-0.2, -0.15) is 0 Å². The highest BCUT2D eigenvalue weighted by molar-refractivity contribution is 5.94. The van der Waals surface area contributed by atoms with Crippen LogP contribution in [0, 0.1) is 6.92 Å². The first-order valence-corrected chi connectivity index (χ1v) is 6.93. The highest BCUT2D eigenvalue weighted by Gasteiger charge is 2.01. The lowest BCUT2D eigenvalue weighted by molar-refractivity contribution is 0.0956. The fraction of sp³-hybridized carbons (Fsp3) is 0.562. The predicted molar refractivity (Wildman–Crippen MR) is 82.6 cm³/mol. The number of hydrogen-bond acceptors (Lipinski definition) is 2. The van der Waals surface area contributed by atoms with Crippen LogP contribution in [0.25, 0.3) is 0 Å². The summed E-state index contributed by atoms with van der Waals surface area (Å²) in [7, 11) is 4.21. The molecule has 19 heavy (non-hydrogen) atoms. The van der Waals surface area contributed by atoms with Crippen molar-refractivity contribution in [1.29, 1.82) is 0 Å². The first-order chi connectivity index (χ1) is 8.92. The predicted octanol–water partition coefficient (Wildman–Crippen LogP) is 3.09. The molecule has 1 amide bonds. The van der Waals surface area contributed by atoms with Crippen molar-refractivity contribution in [3.8, 4) is 0 Å². The number of carbonyl (C=O) groups is 1. The molecule has 0 saturated carbocycles. The Morgan fingerprint density at radius 1 is 1.21 bits per heavy atom. The van der Waals surface area contributed by atoms with E-state index >= 15 is 0 Å². The molecule has 1 aromatic rings. The van der Waals surface area contributed by atoms with E-state index in [4.69, 9.17) is 0 Å². The molecule has 3 nitrogen and oxygen atoms in total. The van der Waals surface area contributed by atoms with E-state index in [9.17, 15) is 4.79 Å². The molecular formula is C16H28N2O. The molecule has 0 aromatic heterocycles. The van der Waals surface area contributed by atoms with Gasteiger partial charge in [-0.25, -0.2) is 0 Å². The molecule has 0 aliphatic heterocycles. The number of nitrogens with zero attached hydrogens (tertiary/aromatic N) is 1. The van der Waals surface area contributed by atoms with E-state index in [1.807, 2.05) is 38.1 Å². The molecule has 0 heterocycles. The zero-order valence-electron chi connectivity index (χ0n) is 13.2. The Labute approximate surface area is 118 Å². The number of benzene rings is 1. The minimum atomic E-state index is -0.00231. The van der Waals surface area contributed by atoms with Gasteiger partial charge in [0.15, 0.2) is 0 Å². The van der Waals surface area contributed by atoms with E-state index in [0.29, 0.717) is 6.54 Å². The van der Waals surface area contributed by atoms with Gasteiger partial charge in [-0.15, -0.1) is 0 Å². The van der Waals surface area contributed by atoms with Crippen molar-refractivity contribution in [2.45, 2.75) is 40.2 Å². The van der Waals surface area contributed by atoms with Gasteiger partial charge in [0.1, 0.15) is 0 Å². The van der Waals surface area contributed by atoms with Gasteiger partial charge in [0.05, 0.1) is 0 Å². The monoisotopic (exact) mass is 264 g/mol. The van der Waals surface area contributed by atoms with Crippen molar-refractivity contribution in [3.63, 3.8) is 0 Å². The van der Waals surface area contributed by atoms with Crippen molar-refractivity contribution in [1.82, 2.24) is 10.2 Å². The molecular weight excluding hydrogens is 236 g/mol. The van der Waals surface area contributed by atoms with Crippen molar-refractivity contribution in [2.75, 3.05) is 20.6 Å². The molecule has 0 bridgehead atoms. The lowest BCUT2D eigenvalue weighted by atomic mass is 10.1. The maximum absolute atomic E-state index is 11.2. The van der Waals surface area contributed by atoms with Crippen LogP contribution in [0.15, 0.2) is 24.3 Å². The number of aryl methyl sites for hydroxylation is 1. The fourth-order valence-corrected chi connectivity index (χ4v) is 1.33. The van der Waals surface area contributed by atoms with Crippen LogP contribution in [-0.4, -0.2) is 37.5 Å². The van der Waals surface area contributed by atoms with Crippen molar-refractivity contribution in [2.24, 2.45) is 0 Å². The Morgan fingerprint density at radius 2 is 1.74 bits per heavy atom. The van der Waals surface area contributed by atoms with E-state index in [0.717, 1.165) is 11.6 Å². The van der Waals surface area contributed by atoms with Crippen molar-refractivity contribution >= 4 is 5.91 Å². The normalized spacial score (nSPS) is 11.5. The zero-order valence-corrected chi connectivity index (χ0v) is 13.2. The summed E-state index contributed by atoms with van der Waals surface area (Å²) in [6.07, 6.45) is 1.24. The molecule has 1 N–H and O–H groups in total. The Hall–Kier alpha value is -1.35. The van der Waals surface area contributed by atoms with Crippen LogP contribution in [0.3, 0.4) is 0 Å². The summed E-state index contributed by atoms with van der Waals surface area (Å²) in [5.41, 5.74) is 1.89. The third-order valence-electron chi connectivity index (χ3n) is 3.12. The van der Waals surface area contributed by atoms with Crippen LogP contribution in [-0.2, 0) is 0 Å². The molecule has 1 atom stereocenters. The Morgan fingerprint density at radius 3 is 2.05 bits per heavy atom. The average Bonchev–Trinajstić information content (AvgIpc) is 2.39. The van der Waals surface area contributed by atoms with Gasteiger partial charge in [-0.3, -0.25) is 4.79 Å². The first kappa shape index (κ1) is 17.6. The van der Waals surface area contributed by atoms with Crippen LogP contribution in [0.2, 0.25) is 0 Å². The second-order valence-corrected chi connectivity index (χ2v) is 4.95. The molecule has 1 rings (SSSR count). The summed E-state index contributed by atoms with van der Waals surface area (Å²) in [5.74, 6) is -0.00231. The molecule has 0 spiro atoms. The highest BCUT2D eigenvalue weighted by Crippen LogP contribution is 2.02. The van der Waals surface area contributed by atoms with Crippen LogP contribution in [0.5, 0.6) is 0 Å². The third-order valence-corrected chi connectivity index (χ3v) is 3.12. The summed E-state index contributed by atoms with van der Waals surface area (Å²) in [6, 6.07) is 8.27. The van der Waals surface area contributed by atoms with Gasteiger partial charge < -0.3 is 10.2 Å². The van der Waals surface area contributed by atoms with Gasteiger partial charge in [-0.05, 0) is 53.4 Å². The smallest absolute Gasteiger partial charge is 0.251 e. The molecule has 0 aliphatic carbocycles. The van der Waals surface area contributed by atoms with Gasteiger partial charge in [0, 0.05) is 18.2 Å². The van der Waals surface area contributed by atoms with Gasteiger partial charge in [-0.1, -0.05) is 24.6 Å². The molecule has 0 fully saturated rings. The quantitative estimate of drug-likeness (QED) is 0.906. The van der Waals surface area contributed by atoms with Gasteiger partial charge in [0.25, 0.3) is 5.91 Å². The minimum Gasteiger partial charge on any atom is -0.352 e. The Bertz CT molecular complexity index is 358. The number of rotatable bonds is 4. The number of hydrogen-bond donors (Lipinski definition) is 1. The summed E-state index contributed by atoms with van der Waals surface area (Å²) < 4.78 is 0. The molecule has 0 radical (unpaired) electrons. The third kappa shape index (κ3) is 7.62. The molecule has 3 heteroatoms. The minimum absolute atomic E-state index is 0.00231. The number of amides is 1. The SMILES string of the molecule is CCC(C)N(C)C.CCNC(=O)c1ccc(C)cc1. The molecule has 1 aromatic carbocycles. The van der Waals surface area contributed by atoms with Crippen molar-refractivity contribution < 1.29 is 4.79 Å². The summed E-state index contributed by atoms with van der Waals surface area (Å²) in [4.78, 5) is 13.5. The molecule has 108 valence electrons. The van der Waals surface area contributed by atoms with E-state index < -0.39 is 0 Å². The van der Waals surface area contributed by atoms with E-state index in [2.05, 4.69) is 38.2 Å². The summed E-state index contributed by atoms with van der Waals surface area (Å²) >= 11 is 0. The Kier molecular flexibility index (Phi) is 8.88. The fourth-order valence-electron chi connectivity index (χ4n) is 1.33. The largest absolute Gasteiger partial charge is 0.352 e. The van der Waals surface area contributed by atoms with E-state index in [1.54, 1.807) is 0 Å². The average molecular weight is 264 g/mol. The molecule has 0 saturated heterocycles. The van der Waals surface area contributed by atoms with Crippen LogP contribution in [0.4, 0.5) is 0 Å². The standard InChI is InChI=1S/C10H13NO.C6H15N/c1-3-11-10(12)9-6-4-8(2)5-7-9;1-5-6(2)7(3)4/h4-7H,3H2,1-2H3,(H,11,12);6H,5H2,1-4H3. The van der Waals surface area contributed by atoms with Crippen LogP contribution >= 0.6 is 0 Å². The van der Waals surface area contributed by atoms with E-state index in [-0.39, 0.29) is 5.91 Å². The lowest BCUT2D eigenvalue weighted by Crippen LogP contribution is -2.23. The number of nitrogens with one attached hydrogen (secondary N) is 1. The molecule has 0 aliphatic rings. The van der Waals surface area contributed by atoms with Gasteiger partial charge >= 0.3 is 0 Å². The maximum Gasteiger partial charge on any atom is 0.251 e. The second-order valence-electron chi connectivity index (χ2n) is 4.95. The van der Waals surface area contributed by atoms with Crippen LogP contribution < -0.4 is 5.32 Å². The zero-order chi connectivity index (χ0) is 14.8. The summed E-state index contributed by atoms with van der Waals surface area (Å²) in [5, 5.41) is 2.74. The summed E-state index contributed by atoms with van der Waals surface area (Å²) in [6.45, 7) is 9.00. The Balaban J connectivity index is 0.000000399. The first-order valence-electron chi connectivity index (χ1n) is 6.93. The van der Waals surface area contributed by atoms with Crippen LogP contribution in [0.1, 0.15) is 43.1 Å². The number of carbonyl (C=O) groups excluding carboxylic acids is 1. The molecule has 1 unspecified atom stereocenters. The lowest BCUT2D eigenvalue weighted by Gasteiger charge is -2.16. The van der Waals surface area contributed by atoms with E-state index in [1.165, 1.54) is 12.0 Å². The van der Waals surface area contributed by atoms with Gasteiger partial charge in [0.2, 0.25) is 0 Å². The highest BCUT2D eigenvalue weighted by atomic mass is 16.1. The topological polar surface area (TPSA) is 32.3 Å². The van der Waals surface area contributed by atoms with Crippen molar-refractivity contribution in [3.05, 3.63) is 35.4 Å². The maximum atomic E-state index is 11.2.